The van der Waals surface area contributed by atoms with E-state index in [4.69, 9.17) is 21.1 Å². The Labute approximate surface area is 133 Å². The Balaban J connectivity index is 2.61. The molecule has 9 heteroatoms. The van der Waals surface area contributed by atoms with Crippen molar-refractivity contribution in [1.29, 1.82) is 0 Å². The lowest BCUT2D eigenvalue weighted by Crippen LogP contribution is -2.07. The smallest absolute Gasteiger partial charge is 0.361 e. The monoisotopic (exact) mass is 375 g/mol. The lowest BCUT2D eigenvalue weighted by molar-refractivity contribution is 0.0520. The van der Waals surface area contributed by atoms with Crippen molar-refractivity contribution in [3.05, 3.63) is 21.3 Å². The van der Waals surface area contributed by atoms with Crippen molar-refractivity contribution in [2.45, 2.75) is 6.92 Å². The fourth-order valence-electron chi connectivity index (χ4n) is 1.68. The van der Waals surface area contributed by atoms with Crippen LogP contribution in [-0.2, 0) is 4.74 Å². The van der Waals surface area contributed by atoms with Crippen LogP contribution in [0.2, 0.25) is 5.02 Å². The molecule has 7 nitrogen and oxygen atoms in total. The molecular formula is C12H11BrClN3O4. The maximum Gasteiger partial charge on any atom is 0.361 e. The summed E-state index contributed by atoms with van der Waals surface area (Å²) >= 11 is 9.28. The van der Waals surface area contributed by atoms with Gasteiger partial charge in [-0.1, -0.05) is 11.6 Å². The number of carbonyl (C=O) groups excluding carboxylic acids is 1. The quantitative estimate of drug-likeness (QED) is 0.796. The van der Waals surface area contributed by atoms with Gasteiger partial charge in [0.25, 0.3) is 0 Å². The second kappa shape index (κ2) is 6.31. The van der Waals surface area contributed by atoms with E-state index in [1.165, 1.54) is 13.2 Å². The third-order valence-electron chi connectivity index (χ3n) is 2.64. The van der Waals surface area contributed by atoms with Gasteiger partial charge >= 0.3 is 5.97 Å². The highest BCUT2D eigenvalue weighted by molar-refractivity contribution is 9.10. The molecule has 2 N–H and O–H groups in total. The molecule has 0 saturated carbocycles. The number of hydrogen-bond acceptors (Lipinski definition) is 6. The van der Waals surface area contributed by atoms with Crippen molar-refractivity contribution >= 4 is 33.5 Å². The second-order valence-corrected chi connectivity index (χ2v) is 5.02. The van der Waals surface area contributed by atoms with Crippen LogP contribution in [0.4, 0.5) is 0 Å². The van der Waals surface area contributed by atoms with E-state index in [1.54, 1.807) is 6.92 Å². The number of H-pyrrole nitrogens is 1. The predicted octanol–water partition coefficient (Wildman–Crippen LogP) is 2.78. The van der Waals surface area contributed by atoms with E-state index in [0.29, 0.717) is 10.0 Å². The second-order valence-electron chi connectivity index (χ2n) is 3.84. The van der Waals surface area contributed by atoms with Crippen molar-refractivity contribution in [2.75, 3.05) is 13.7 Å². The molecule has 0 radical (unpaired) electrons. The predicted molar refractivity (Wildman–Crippen MR) is 78.7 cm³/mol. The molecule has 0 aliphatic heterocycles. The van der Waals surface area contributed by atoms with E-state index in [2.05, 4.69) is 31.3 Å². The van der Waals surface area contributed by atoms with Crippen molar-refractivity contribution < 1.29 is 19.4 Å². The Morgan fingerprint density at radius 3 is 2.86 bits per heavy atom. The summed E-state index contributed by atoms with van der Waals surface area (Å²) < 4.78 is 10.3. The van der Waals surface area contributed by atoms with Crippen LogP contribution in [0.15, 0.2) is 10.5 Å². The molecule has 0 amide bonds. The fourth-order valence-corrected chi connectivity index (χ4v) is 2.37. The van der Waals surface area contributed by atoms with Gasteiger partial charge in [0.1, 0.15) is 10.7 Å². The maximum atomic E-state index is 11.8. The summed E-state index contributed by atoms with van der Waals surface area (Å²) in [7, 11) is 1.39. The van der Waals surface area contributed by atoms with Gasteiger partial charge in [-0.05, 0) is 28.9 Å². The number of hydrogen-bond donors (Lipinski definition) is 2. The zero-order valence-corrected chi connectivity index (χ0v) is 13.4. The minimum Gasteiger partial charge on any atom is -0.503 e. The van der Waals surface area contributed by atoms with Gasteiger partial charge in [-0.15, -0.1) is 5.10 Å². The number of benzene rings is 1. The van der Waals surface area contributed by atoms with Crippen molar-refractivity contribution in [2.24, 2.45) is 0 Å². The highest BCUT2D eigenvalue weighted by atomic mass is 79.9. The minimum atomic E-state index is -0.615. The molecule has 1 aromatic carbocycles. The molecule has 112 valence electrons. The average molecular weight is 377 g/mol. The summed E-state index contributed by atoms with van der Waals surface area (Å²) in [5.74, 6) is -0.678. The van der Waals surface area contributed by atoms with E-state index in [1.807, 2.05) is 0 Å². The molecule has 1 heterocycles. The molecule has 0 unspecified atom stereocenters. The third kappa shape index (κ3) is 2.81. The molecular weight excluding hydrogens is 366 g/mol. The summed E-state index contributed by atoms with van der Waals surface area (Å²) in [4.78, 5) is 11.8. The molecule has 0 bridgehead atoms. The Morgan fingerprint density at radius 1 is 1.52 bits per heavy atom. The first-order valence-electron chi connectivity index (χ1n) is 5.84. The summed E-state index contributed by atoms with van der Waals surface area (Å²) in [6, 6.07) is 1.49. The van der Waals surface area contributed by atoms with Crippen LogP contribution in [0.3, 0.4) is 0 Å². The number of phenols is 1. The van der Waals surface area contributed by atoms with Gasteiger partial charge in [0.2, 0.25) is 0 Å². The van der Waals surface area contributed by atoms with Gasteiger partial charge in [0.15, 0.2) is 17.2 Å². The Hall–Kier alpha value is -1.80. The van der Waals surface area contributed by atoms with Crippen molar-refractivity contribution in [1.82, 2.24) is 15.4 Å². The number of halogens is 2. The molecule has 0 aliphatic carbocycles. The molecule has 0 spiro atoms. The van der Waals surface area contributed by atoms with Gasteiger partial charge in [-0.25, -0.2) is 4.79 Å². The maximum absolute atomic E-state index is 11.8. The van der Waals surface area contributed by atoms with Crippen molar-refractivity contribution in [3.8, 4) is 22.8 Å². The number of esters is 1. The first-order chi connectivity index (χ1) is 10.0. The number of carbonyl (C=O) groups is 1. The Kier molecular flexibility index (Phi) is 4.69. The standard InChI is InChI=1S/C12H11BrClN3O4/c1-3-21-12(19)10-9(15-17-16-10)5-4-6(20-2)11(18)8(14)7(5)13/h4,18H,3H2,1-2H3,(H,15,16,17). The van der Waals surface area contributed by atoms with E-state index in [9.17, 15) is 9.90 Å². The molecule has 1 aromatic heterocycles. The topological polar surface area (TPSA) is 97.3 Å². The number of phenolic OH excluding ortho intramolecular Hbond substituents is 1. The van der Waals surface area contributed by atoms with Crippen LogP contribution < -0.4 is 4.74 Å². The largest absolute Gasteiger partial charge is 0.503 e. The number of aromatic amines is 1. The number of nitrogens with zero attached hydrogens (tertiary/aromatic N) is 2. The van der Waals surface area contributed by atoms with E-state index < -0.39 is 5.97 Å². The van der Waals surface area contributed by atoms with Gasteiger partial charge < -0.3 is 14.6 Å². The van der Waals surface area contributed by atoms with Gasteiger partial charge in [-0.2, -0.15) is 10.3 Å². The van der Waals surface area contributed by atoms with Gasteiger partial charge in [0, 0.05) is 10.0 Å². The highest BCUT2D eigenvalue weighted by Crippen LogP contribution is 2.45. The minimum absolute atomic E-state index is 0.0151. The zero-order valence-electron chi connectivity index (χ0n) is 11.1. The fraction of sp³-hybridized carbons (Fsp3) is 0.250. The molecule has 21 heavy (non-hydrogen) atoms. The molecule has 0 saturated heterocycles. The molecule has 2 aromatic rings. The zero-order chi connectivity index (χ0) is 15.6. The molecule has 0 atom stereocenters. The number of nitrogens with one attached hydrogen (secondary N) is 1. The summed E-state index contributed by atoms with van der Waals surface area (Å²) in [5, 5.41) is 20.0. The van der Waals surface area contributed by atoms with Gasteiger partial charge in [-0.3, -0.25) is 0 Å². The number of rotatable bonds is 4. The van der Waals surface area contributed by atoms with Gasteiger partial charge in [0.05, 0.1) is 13.7 Å². The van der Waals surface area contributed by atoms with E-state index in [0.717, 1.165) is 0 Å². The van der Waals surface area contributed by atoms with E-state index >= 15 is 0 Å². The normalized spacial score (nSPS) is 10.5. The van der Waals surface area contributed by atoms with E-state index in [-0.39, 0.29) is 34.5 Å². The Morgan fingerprint density at radius 2 is 2.24 bits per heavy atom. The number of ether oxygens (including phenoxy) is 2. The Bertz CT molecular complexity index is 689. The first-order valence-corrected chi connectivity index (χ1v) is 7.01. The SMILES string of the molecule is CCOC(=O)c1n[nH]nc1-c1cc(OC)c(O)c(Cl)c1Br. The number of aromatic hydroxyl groups is 1. The summed E-state index contributed by atoms with van der Waals surface area (Å²) in [6.07, 6.45) is 0. The highest BCUT2D eigenvalue weighted by Gasteiger charge is 2.24. The molecule has 0 aliphatic rings. The molecule has 2 rings (SSSR count). The van der Waals surface area contributed by atoms with Crippen LogP contribution in [-0.4, -0.2) is 40.2 Å². The lowest BCUT2D eigenvalue weighted by Gasteiger charge is -2.10. The van der Waals surface area contributed by atoms with Crippen LogP contribution in [0, 0.1) is 0 Å². The van der Waals surface area contributed by atoms with Crippen molar-refractivity contribution in [3.63, 3.8) is 0 Å². The summed E-state index contributed by atoms with van der Waals surface area (Å²) in [6.45, 7) is 1.90. The first kappa shape index (κ1) is 15.6. The summed E-state index contributed by atoms with van der Waals surface area (Å²) in [5.41, 5.74) is 0.688. The number of methoxy groups -OCH3 is 1. The van der Waals surface area contributed by atoms with Crippen LogP contribution >= 0.6 is 27.5 Å². The third-order valence-corrected chi connectivity index (χ3v) is 4.06. The molecule has 0 fully saturated rings. The van der Waals surface area contributed by atoms with Crippen LogP contribution in [0.1, 0.15) is 17.4 Å². The number of aromatic nitrogens is 3. The van der Waals surface area contributed by atoms with Crippen LogP contribution in [0.5, 0.6) is 11.5 Å². The average Bonchev–Trinajstić information content (AvgIpc) is 2.95. The lowest BCUT2D eigenvalue weighted by atomic mass is 10.1. The van der Waals surface area contributed by atoms with Crippen LogP contribution in [0.25, 0.3) is 11.3 Å².